The summed E-state index contributed by atoms with van der Waals surface area (Å²) < 4.78 is 17.2. The van der Waals surface area contributed by atoms with Crippen molar-refractivity contribution in [2.45, 2.75) is 26.9 Å². The third-order valence-electron chi connectivity index (χ3n) is 5.35. The van der Waals surface area contributed by atoms with Crippen molar-refractivity contribution >= 4 is 29.5 Å². The Bertz CT molecular complexity index is 1100. The lowest BCUT2D eigenvalue weighted by atomic mass is 9.93. The third-order valence-corrected chi connectivity index (χ3v) is 5.91. The van der Waals surface area contributed by atoms with Gasteiger partial charge in [-0.05, 0) is 60.2 Å². The van der Waals surface area contributed by atoms with Crippen LogP contribution < -0.4 is 14.2 Å². The minimum Gasteiger partial charge on any atom is -0.496 e. The summed E-state index contributed by atoms with van der Waals surface area (Å²) >= 11 is 12.1. The summed E-state index contributed by atoms with van der Waals surface area (Å²) in [5, 5.41) is 0.361. The van der Waals surface area contributed by atoms with Crippen LogP contribution >= 0.6 is 23.2 Å². The molecule has 168 valence electrons. The monoisotopic (exact) mass is 472 g/mol. The van der Waals surface area contributed by atoms with E-state index in [9.17, 15) is 4.79 Å². The van der Waals surface area contributed by atoms with Gasteiger partial charge in [0.05, 0.1) is 24.3 Å². The molecule has 0 heterocycles. The maximum absolute atomic E-state index is 11.2. The number of carbonyl (C=O) groups is 1. The first kappa shape index (κ1) is 24.0. The van der Waals surface area contributed by atoms with Gasteiger partial charge in [0.15, 0.2) is 6.29 Å². The van der Waals surface area contributed by atoms with Crippen molar-refractivity contribution in [2.24, 2.45) is 0 Å². The Balaban J connectivity index is 1.86. The van der Waals surface area contributed by atoms with E-state index in [0.717, 1.165) is 40.0 Å². The topological polar surface area (TPSA) is 44.8 Å². The number of hydrogen-bond acceptors (Lipinski definition) is 4. The Morgan fingerprint density at radius 2 is 1.62 bits per heavy atom. The molecule has 3 aromatic rings. The van der Waals surface area contributed by atoms with E-state index in [1.54, 1.807) is 12.1 Å². The first-order valence-corrected chi connectivity index (χ1v) is 11.2. The molecule has 0 saturated carbocycles. The van der Waals surface area contributed by atoms with Crippen LogP contribution in [0.4, 0.5) is 0 Å². The number of methoxy groups -OCH3 is 1. The van der Waals surface area contributed by atoms with Gasteiger partial charge in [0.25, 0.3) is 0 Å². The zero-order valence-electron chi connectivity index (χ0n) is 18.4. The molecule has 0 atom stereocenters. The molecule has 0 spiro atoms. The maximum atomic E-state index is 11.2. The van der Waals surface area contributed by atoms with Gasteiger partial charge in [-0.2, -0.15) is 0 Å². The number of benzene rings is 3. The first-order chi connectivity index (χ1) is 15.5. The van der Waals surface area contributed by atoms with E-state index >= 15 is 0 Å². The first-order valence-electron chi connectivity index (χ1n) is 10.3. The van der Waals surface area contributed by atoms with Crippen LogP contribution in [0.3, 0.4) is 0 Å². The summed E-state index contributed by atoms with van der Waals surface area (Å²) in [5.41, 5.74) is 5.84. The summed E-state index contributed by atoms with van der Waals surface area (Å²) in [4.78, 5) is 11.2. The summed E-state index contributed by atoms with van der Waals surface area (Å²) in [6.07, 6.45) is 1.51. The Morgan fingerprint density at radius 1 is 0.906 bits per heavy atom. The molecule has 0 aliphatic rings. The van der Waals surface area contributed by atoms with Crippen LogP contribution in [-0.2, 0) is 6.61 Å². The van der Waals surface area contributed by atoms with Crippen LogP contribution in [0.15, 0.2) is 48.5 Å². The predicted molar refractivity (Wildman–Crippen MR) is 130 cm³/mol. The molecule has 0 unspecified atom stereocenters. The number of hydrogen-bond donors (Lipinski definition) is 0. The van der Waals surface area contributed by atoms with E-state index < -0.39 is 0 Å². The lowest BCUT2D eigenvalue weighted by Crippen LogP contribution is -2.02. The molecule has 0 fully saturated rings. The van der Waals surface area contributed by atoms with E-state index in [4.69, 9.17) is 37.4 Å². The molecule has 4 nitrogen and oxygen atoms in total. The van der Waals surface area contributed by atoms with Gasteiger partial charge in [-0.15, -0.1) is 11.6 Å². The van der Waals surface area contributed by atoms with Crippen LogP contribution in [0.25, 0.3) is 11.1 Å². The van der Waals surface area contributed by atoms with Crippen molar-refractivity contribution in [3.63, 3.8) is 0 Å². The van der Waals surface area contributed by atoms with Crippen LogP contribution in [0.2, 0.25) is 5.02 Å². The van der Waals surface area contributed by atoms with Crippen molar-refractivity contribution in [1.29, 1.82) is 0 Å². The van der Waals surface area contributed by atoms with Crippen molar-refractivity contribution in [3.05, 3.63) is 75.8 Å². The molecular formula is C26H26Cl2O4. The predicted octanol–water partition coefficient (Wildman–Crippen LogP) is 7.03. The molecule has 0 radical (unpaired) electrons. The smallest absolute Gasteiger partial charge is 0.153 e. The van der Waals surface area contributed by atoms with Gasteiger partial charge in [-0.1, -0.05) is 41.9 Å². The summed E-state index contributed by atoms with van der Waals surface area (Å²) in [5.74, 6) is 2.33. The highest BCUT2D eigenvalue weighted by molar-refractivity contribution is 6.32. The Labute approximate surface area is 199 Å². The molecule has 0 aliphatic heterocycles. The molecule has 0 N–H and O–H groups in total. The van der Waals surface area contributed by atoms with Gasteiger partial charge in [0.1, 0.15) is 23.9 Å². The molecule has 0 amide bonds. The Hall–Kier alpha value is -2.69. The average Bonchev–Trinajstić information content (AvgIpc) is 2.80. The standard InChI is InChI=1S/C26H26Cl2O4/c1-17-19(16-32-26-14-25(30-3)20(15-29)13-23(26)28)7-4-8-21(17)22-9-5-10-24(18(22)2)31-12-6-11-27/h4-5,7-10,13-15H,6,11-12,16H2,1-3H3. The number of aldehydes is 1. The second-order valence-electron chi connectivity index (χ2n) is 7.34. The van der Waals surface area contributed by atoms with Gasteiger partial charge < -0.3 is 14.2 Å². The van der Waals surface area contributed by atoms with Crippen LogP contribution in [0.5, 0.6) is 17.2 Å². The normalized spacial score (nSPS) is 10.7. The minimum atomic E-state index is 0.327. The summed E-state index contributed by atoms with van der Waals surface area (Å²) in [6, 6.07) is 15.4. The fraction of sp³-hybridized carbons (Fsp3) is 0.269. The molecule has 0 saturated heterocycles. The second kappa shape index (κ2) is 11.3. The van der Waals surface area contributed by atoms with Crippen molar-refractivity contribution in [1.82, 2.24) is 0 Å². The van der Waals surface area contributed by atoms with Gasteiger partial charge in [-0.25, -0.2) is 0 Å². The quantitative estimate of drug-likeness (QED) is 0.180. The fourth-order valence-electron chi connectivity index (χ4n) is 3.52. The fourth-order valence-corrected chi connectivity index (χ4v) is 3.85. The van der Waals surface area contributed by atoms with Gasteiger partial charge in [0, 0.05) is 11.9 Å². The summed E-state index contributed by atoms with van der Waals surface area (Å²) in [6.45, 7) is 5.06. The SMILES string of the molecule is COc1cc(OCc2cccc(-c3cccc(OCCCCl)c3C)c2C)c(Cl)cc1C=O. The zero-order chi connectivity index (χ0) is 23.1. The van der Waals surface area contributed by atoms with Gasteiger partial charge >= 0.3 is 0 Å². The van der Waals surface area contributed by atoms with E-state index in [1.165, 1.54) is 7.11 Å². The number of carbonyl (C=O) groups excluding carboxylic acids is 1. The number of alkyl halides is 1. The molecular weight excluding hydrogens is 447 g/mol. The Kier molecular flexibility index (Phi) is 8.43. The number of rotatable bonds is 10. The zero-order valence-corrected chi connectivity index (χ0v) is 19.9. The number of ether oxygens (including phenoxy) is 3. The van der Waals surface area contributed by atoms with Crippen molar-refractivity contribution in [2.75, 3.05) is 19.6 Å². The highest BCUT2D eigenvalue weighted by Gasteiger charge is 2.14. The second-order valence-corrected chi connectivity index (χ2v) is 8.13. The molecule has 0 aromatic heterocycles. The lowest BCUT2D eigenvalue weighted by Gasteiger charge is -2.17. The molecule has 32 heavy (non-hydrogen) atoms. The summed E-state index contributed by atoms with van der Waals surface area (Å²) in [7, 11) is 1.50. The van der Waals surface area contributed by atoms with E-state index in [1.807, 2.05) is 24.3 Å². The van der Waals surface area contributed by atoms with Gasteiger partial charge in [0.2, 0.25) is 0 Å². The highest BCUT2D eigenvalue weighted by atomic mass is 35.5. The highest BCUT2D eigenvalue weighted by Crippen LogP contribution is 2.35. The van der Waals surface area contributed by atoms with Crippen LogP contribution in [0.1, 0.15) is 33.5 Å². The van der Waals surface area contributed by atoms with Crippen LogP contribution in [-0.4, -0.2) is 25.9 Å². The number of halogens is 2. The molecule has 3 rings (SSSR count). The van der Waals surface area contributed by atoms with Crippen molar-refractivity contribution < 1.29 is 19.0 Å². The molecule has 0 bridgehead atoms. The third kappa shape index (κ3) is 5.37. The van der Waals surface area contributed by atoms with Crippen molar-refractivity contribution in [3.8, 4) is 28.4 Å². The molecule has 3 aromatic carbocycles. The minimum absolute atomic E-state index is 0.327. The van der Waals surface area contributed by atoms with E-state index in [0.29, 0.717) is 47.5 Å². The molecule has 6 heteroatoms. The van der Waals surface area contributed by atoms with Crippen LogP contribution in [0, 0.1) is 13.8 Å². The Morgan fingerprint density at radius 3 is 2.31 bits per heavy atom. The largest absolute Gasteiger partial charge is 0.496 e. The maximum Gasteiger partial charge on any atom is 0.153 e. The van der Waals surface area contributed by atoms with Gasteiger partial charge in [-0.3, -0.25) is 4.79 Å². The van der Waals surface area contributed by atoms with E-state index in [-0.39, 0.29) is 0 Å². The molecule has 0 aliphatic carbocycles. The van der Waals surface area contributed by atoms with E-state index in [2.05, 4.69) is 26.0 Å². The average molecular weight is 473 g/mol. The lowest BCUT2D eigenvalue weighted by molar-refractivity contribution is 0.112.